The summed E-state index contributed by atoms with van der Waals surface area (Å²) in [5.41, 5.74) is 2.55. The normalized spacial score (nSPS) is 19.3. The molecule has 4 aromatic rings. The molecule has 3 aromatic heterocycles. The first-order valence-electron chi connectivity index (χ1n) is 11.4. The number of nitrogens with one attached hydrogen (secondary N) is 1. The first-order chi connectivity index (χ1) is 16.1. The number of fused-ring (bicyclic) bond motifs is 1. The number of hydrogen-bond acceptors (Lipinski definition) is 4. The van der Waals surface area contributed by atoms with Crippen molar-refractivity contribution in [1.82, 2.24) is 25.1 Å². The molecule has 7 heteroatoms. The highest BCUT2D eigenvalue weighted by Crippen LogP contribution is 2.39. The largest absolute Gasteiger partial charge is 0.349 e. The number of pyridine rings is 2. The summed E-state index contributed by atoms with van der Waals surface area (Å²) < 4.78 is 15.5. The Bertz CT molecular complexity index is 1250. The van der Waals surface area contributed by atoms with Gasteiger partial charge < -0.3 is 5.32 Å². The van der Waals surface area contributed by atoms with E-state index in [4.69, 9.17) is 0 Å². The van der Waals surface area contributed by atoms with Gasteiger partial charge in [0.05, 0.1) is 11.1 Å². The smallest absolute Gasteiger partial charge is 0.253 e. The zero-order valence-corrected chi connectivity index (χ0v) is 18.5. The molecule has 5 rings (SSSR count). The average molecular weight is 444 g/mol. The fourth-order valence-corrected chi connectivity index (χ4v) is 4.89. The molecular weight excluding hydrogens is 417 g/mol. The highest BCUT2D eigenvalue weighted by atomic mass is 19.1. The Kier molecular flexibility index (Phi) is 5.86. The third-order valence-corrected chi connectivity index (χ3v) is 6.76. The topological polar surface area (TPSA) is 72.7 Å². The number of nitrogens with zero attached hydrogens (tertiary/aromatic N) is 4. The number of halogens is 1. The van der Waals surface area contributed by atoms with Crippen LogP contribution in [0.1, 0.15) is 54.4 Å². The molecule has 1 fully saturated rings. The van der Waals surface area contributed by atoms with Gasteiger partial charge in [-0.3, -0.25) is 9.78 Å². The summed E-state index contributed by atoms with van der Waals surface area (Å²) >= 11 is 0. The summed E-state index contributed by atoms with van der Waals surface area (Å²) in [6.45, 7) is 2.08. The van der Waals surface area contributed by atoms with Gasteiger partial charge in [0.2, 0.25) is 0 Å². The van der Waals surface area contributed by atoms with E-state index in [1.165, 1.54) is 11.6 Å². The van der Waals surface area contributed by atoms with Crippen molar-refractivity contribution in [1.29, 1.82) is 0 Å². The molecule has 1 aliphatic rings. The van der Waals surface area contributed by atoms with Crippen LogP contribution in [0.5, 0.6) is 0 Å². The van der Waals surface area contributed by atoms with Gasteiger partial charge in [0.1, 0.15) is 5.82 Å². The van der Waals surface area contributed by atoms with E-state index in [0.29, 0.717) is 23.2 Å². The Balaban J connectivity index is 1.20. The number of carbonyl (C=O) groups excluding carboxylic acids is 1. The van der Waals surface area contributed by atoms with Crippen LogP contribution in [-0.2, 0) is 0 Å². The fourth-order valence-electron chi connectivity index (χ4n) is 4.89. The number of carbonyl (C=O) groups is 1. The van der Waals surface area contributed by atoms with Crippen LogP contribution < -0.4 is 5.32 Å². The Morgan fingerprint density at radius 3 is 2.67 bits per heavy atom. The Morgan fingerprint density at radius 2 is 1.94 bits per heavy atom. The van der Waals surface area contributed by atoms with E-state index >= 15 is 0 Å². The maximum atomic E-state index is 13.8. The van der Waals surface area contributed by atoms with Crippen molar-refractivity contribution in [3.05, 3.63) is 84.2 Å². The summed E-state index contributed by atoms with van der Waals surface area (Å²) in [5.74, 6) is 1.13. The van der Waals surface area contributed by atoms with Gasteiger partial charge in [0.25, 0.3) is 5.91 Å². The monoisotopic (exact) mass is 443 g/mol. The van der Waals surface area contributed by atoms with Crippen LogP contribution in [0.15, 0.2) is 67.3 Å². The summed E-state index contributed by atoms with van der Waals surface area (Å²) in [5, 5.41) is 8.21. The molecule has 0 bridgehead atoms. The molecule has 0 spiro atoms. The third-order valence-electron chi connectivity index (χ3n) is 6.76. The molecule has 1 saturated carbocycles. The highest BCUT2D eigenvalue weighted by molar-refractivity contribution is 5.94. The van der Waals surface area contributed by atoms with Gasteiger partial charge in [0, 0.05) is 36.2 Å². The van der Waals surface area contributed by atoms with Gasteiger partial charge in [-0.15, -0.1) is 0 Å². The van der Waals surface area contributed by atoms with Crippen LogP contribution in [0.25, 0.3) is 16.7 Å². The van der Waals surface area contributed by atoms with Crippen molar-refractivity contribution < 1.29 is 9.18 Å². The van der Waals surface area contributed by atoms with Gasteiger partial charge in [-0.2, -0.15) is 5.10 Å². The Morgan fingerprint density at radius 1 is 1.09 bits per heavy atom. The lowest BCUT2D eigenvalue weighted by atomic mass is 9.75. The molecule has 3 heterocycles. The molecule has 0 saturated heterocycles. The first kappa shape index (κ1) is 21.2. The summed E-state index contributed by atoms with van der Waals surface area (Å²) in [6.07, 6.45) is 11.0. The lowest BCUT2D eigenvalue weighted by Gasteiger charge is -2.33. The van der Waals surface area contributed by atoms with Crippen molar-refractivity contribution in [2.24, 2.45) is 5.92 Å². The second-order valence-corrected chi connectivity index (χ2v) is 8.79. The van der Waals surface area contributed by atoms with Crippen LogP contribution in [-0.4, -0.2) is 31.7 Å². The molecule has 1 atom stereocenters. The zero-order valence-electron chi connectivity index (χ0n) is 18.5. The van der Waals surface area contributed by atoms with Gasteiger partial charge in [-0.1, -0.05) is 0 Å². The second kappa shape index (κ2) is 9.10. The summed E-state index contributed by atoms with van der Waals surface area (Å²) in [7, 11) is 0. The van der Waals surface area contributed by atoms with E-state index in [2.05, 4.69) is 27.3 Å². The van der Waals surface area contributed by atoms with E-state index in [9.17, 15) is 9.18 Å². The summed E-state index contributed by atoms with van der Waals surface area (Å²) in [4.78, 5) is 21.5. The molecule has 0 unspecified atom stereocenters. The van der Waals surface area contributed by atoms with E-state index in [1.54, 1.807) is 41.3 Å². The van der Waals surface area contributed by atoms with E-state index in [-0.39, 0.29) is 17.8 Å². The molecule has 1 N–H and O–H groups in total. The number of rotatable bonds is 5. The molecule has 1 aromatic carbocycles. The Labute approximate surface area is 191 Å². The quantitative estimate of drug-likeness (QED) is 0.469. The molecule has 0 aliphatic heterocycles. The number of hydrogen-bond donors (Lipinski definition) is 1. The van der Waals surface area contributed by atoms with Gasteiger partial charge in [-0.05, 0) is 92.5 Å². The molecule has 168 valence electrons. The maximum Gasteiger partial charge on any atom is 0.253 e. The molecular formula is C26H26FN5O. The number of amides is 1. The van der Waals surface area contributed by atoms with Crippen LogP contribution in [0.2, 0.25) is 0 Å². The lowest BCUT2D eigenvalue weighted by molar-refractivity contribution is 0.0917. The zero-order chi connectivity index (χ0) is 22.8. The van der Waals surface area contributed by atoms with Gasteiger partial charge in [0.15, 0.2) is 5.82 Å². The van der Waals surface area contributed by atoms with Crippen LogP contribution in [0.3, 0.4) is 0 Å². The SMILES string of the molecule is C[C@@H](NC(=O)c1ccc(-n2cccn2)nc1)C1CCC(c2ccnc3ccc(F)cc23)CC1. The van der Waals surface area contributed by atoms with Gasteiger partial charge >= 0.3 is 0 Å². The maximum absolute atomic E-state index is 13.8. The predicted molar refractivity (Wildman–Crippen MR) is 125 cm³/mol. The molecule has 1 aliphatic carbocycles. The summed E-state index contributed by atoms with van der Waals surface area (Å²) in [6, 6.07) is 12.3. The Hall–Kier alpha value is -3.61. The first-order valence-corrected chi connectivity index (χ1v) is 11.4. The predicted octanol–water partition coefficient (Wildman–Crippen LogP) is 5.05. The molecule has 33 heavy (non-hydrogen) atoms. The highest BCUT2D eigenvalue weighted by Gasteiger charge is 2.28. The van der Waals surface area contributed by atoms with E-state index in [1.807, 2.05) is 24.5 Å². The van der Waals surface area contributed by atoms with Crippen molar-refractivity contribution in [3.63, 3.8) is 0 Å². The minimum Gasteiger partial charge on any atom is -0.349 e. The van der Waals surface area contributed by atoms with Crippen LogP contribution in [0.4, 0.5) is 4.39 Å². The molecule has 0 radical (unpaired) electrons. The van der Waals surface area contributed by atoms with E-state index in [0.717, 1.165) is 36.6 Å². The third kappa shape index (κ3) is 4.49. The second-order valence-electron chi connectivity index (χ2n) is 8.79. The lowest BCUT2D eigenvalue weighted by Crippen LogP contribution is -2.39. The van der Waals surface area contributed by atoms with Crippen molar-refractivity contribution in [2.75, 3.05) is 0 Å². The minimum atomic E-state index is -0.228. The standard InChI is InChI=1S/C26H26FN5O/c1-17(31-26(33)20-7-10-25(29-16-20)32-14-2-12-30-32)18-3-5-19(6-4-18)22-11-13-28-24-9-8-21(27)15-23(22)24/h2,7-19H,3-6H2,1H3,(H,31,33)/t17-,18?,19?/m1/s1. The molecule has 1 amide bonds. The van der Waals surface area contributed by atoms with E-state index < -0.39 is 0 Å². The van der Waals surface area contributed by atoms with Crippen LogP contribution >= 0.6 is 0 Å². The van der Waals surface area contributed by atoms with Crippen LogP contribution in [0, 0.1) is 11.7 Å². The average Bonchev–Trinajstić information content (AvgIpc) is 3.39. The molecule has 6 nitrogen and oxygen atoms in total. The number of benzene rings is 1. The van der Waals surface area contributed by atoms with Gasteiger partial charge in [-0.25, -0.2) is 14.1 Å². The number of aromatic nitrogens is 4. The minimum absolute atomic E-state index is 0.0656. The van der Waals surface area contributed by atoms with Crippen molar-refractivity contribution in [2.45, 2.75) is 44.6 Å². The van der Waals surface area contributed by atoms with Crippen molar-refractivity contribution in [3.8, 4) is 5.82 Å². The fraction of sp³-hybridized carbons (Fsp3) is 0.308. The van der Waals surface area contributed by atoms with Crippen molar-refractivity contribution >= 4 is 16.8 Å².